The molecule has 0 heterocycles. The smallest absolute Gasteiger partial charge is 0.150 e. The van der Waals surface area contributed by atoms with Crippen molar-refractivity contribution in [1.29, 1.82) is 5.26 Å². The molecule has 2 aromatic carbocycles. The monoisotopic (exact) mass is 233 g/mol. The van der Waals surface area contributed by atoms with Gasteiger partial charge < -0.3 is 0 Å². The summed E-state index contributed by atoms with van der Waals surface area (Å²) in [4.78, 5) is 10.6. The van der Waals surface area contributed by atoms with Crippen molar-refractivity contribution >= 4 is 17.9 Å². The molecular weight excluding hydrogens is 222 g/mol. The van der Waals surface area contributed by atoms with Crippen LogP contribution in [0.25, 0.3) is 11.6 Å². The summed E-state index contributed by atoms with van der Waals surface area (Å²) in [7, 11) is 0. The third kappa shape index (κ3) is 2.72. The Morgan fingerprint density at radius 2 is 1.61 bits per heavy atom. The van der Waals surface area contributed by atoms with E-state index in [9.17, 15) is 10.1 Å². The van der Waals surface area contributed by atoms with Crippen molar-refractivity contribution in [3.63, 3.8) is 0 Å². The van der Waals surface area contributed by atoms with E-state index in [1.807, 2.05) is 36.4 Å². The molecule has 0 spiro atoms. The highest BCUT2D eigenvalue weighted by Crippen LogP contribution is 2.17. The lowest BCUT2D eigenvalue weighted by molar-refractivity contribution is 0.112. The van der Waals surface area contributed by atoms with Gasteiger partial charge in [-0.3, -0.25) is 4.79 Å². The van der Waals surface area contributed by atoms with Crippen LogP contribution < -0.4 is 0 Å². The number of allylic oxidation sites excluding steroid dienone is 1. The molecule has 0 radical (unpaired) electrons. The Labute approximate surface area is 106 Å². The predicted octanol–water partition coefficient (Wildman–Crippen LogP) is 3.56. The van der Waals surface area contributed by atoms with E-state index in [1.54, 1.807) is 24.3 Å². The van der Waals surface area contributed by atoms with Crippen LogP contribution in [0.15, 0.2) is 54.6 Å². The van der Waals surface area contributed by atoms with Gasteiger partial charge in [-0.1, -0.05) is 54.6 Å². The first kappa shape index (κ1) is 11.8. The zero-order chi connectivity index (χ0) is 12.8. The molecule has 0 aliphatic heterocycles. The molecule has 0 saturated heterocycles. The molecule has 0 bridgehead atoms. The van der Waals surface area contributed by atoms with Crippen molar-refractivity contribution in [2.75, 3.05) is 0 Å². The van der Waals surface area contributed by atoms with Crippen molar-refractivity contribution in [1.82, 2.24) is 0 Å². The predicted molar refractivity (Wildman–Crippen MR) is 71.8 cm³/mol. The van der Waals surface area contributed by atoms with Crippen LogP contribution in [0.4, 0.5) is 0 Å². The van der Waals surface area contributed by atoms with Crippen LogP contribution in [0.1, 0.15) is 21.5 Å². The molecule has 0 amide bonds. The van der Waals surface area contributed by atoms with Crippen molar-refractivity contribution in [3.8, 4) is 6.07 Å². The minimum absolute atomic E-state index is 0.582. The van der Waals surface area contributed by atoms with Gasteiger partial charge in [-0.05, 0) is 17.2 Å². The Bertz CT molecular complexity index is 604. The van der Waals surface area contributed by atoms with E-state index < -0.39 is 0 Å². The van der Waals surface area contributed by atoms with E-state index in [0.29, 0.717) is 11.1 Å². The topological polar surface area (TPSA) is 40.9 Å². The van der Waals surface area contributed by atoms with Gasteiger partial charge in [0.15, 0.2) is 0 Å². The third-order valence-corrected chi connectivity index (χ3v) is 2.59. The molecule has 0 N–H and O–H groups in total. The first-order valence-corrected chi connectivity index (χ1v) is 5.56. The van der Waals surface area contributed by atoms with Crippen LogP contribution in [-0.4, -0.2) is 6.29 Å². The fourth-order valence-electron chi connectivity index (χ4n) is 1.64. The first-order chi connectivity index (χ1) is 8.83. The summed E-state index contributed by atoms with van der Waals surface area (Å²) in [6, 6.07) is 18.8. The number of rotatable bonds is 3. The van der Waals surface area contributed by atoms with Crippen LogP contribution in [-0.2, 0) is 0 Å². The van der Waals surface area contributed by atoms with E-state index >= 15 is 0 Å². The molecule has 0 saturated carbocycles. The van der Waals surface area contributed by atoms with Gasteiger partial charge in [0, 0.05) is 5.56 Å². The quantitative estimate of drug-likeness (QED) is 0.462. The van der Waals surface area contributed by atoms with Crippen LogP contribution in [0.3, 0.4) is 0 Å². The normalized spacial score (nSPS) is 10.7. The summed E-state index contributed by atoms with van der Waals surface area (Å²) >= 11 is 0. The average Bonchev–Trinajstić information content (AvgIpc) is 2.46. The van der Waals surface area contributed by atoms with E-state index in [4.69, 9.17) is 0 Å². The summed E-state index contributed by atoms with van der Waals surface area (Å²) in [6.07, 6.45) is 2.62. The number of carbonyl (C=O) groups excluding carboxylic acids is 1. The van der Waals surface area contributed by atoms with Gasteiger partial charge in [0.1, 0.15) is 6.29 Å². The molecule has 0 fully saturated rings. The highest BCUT2D eigenvalue weighted by atomic mass is 16.1. The summed E-state index contributed by atoms with van der Waals surface area (Å²) in [5.41, 5.74) is 2.98. The Hall–Kier alpha value is -2.66. The van der Waals surface area contributed by atoms with Crippen LogP contribution in [0, 0.1) is 11.3 Å². The molecule has 0 atom stereocenters. The maximum Gasteiger partial charge on any atom is 0.150 e. The van der Waals surface area contributed by atoms with Crippen molar-refractivity contribution in [3.05, 3.63) is 71.3 Å². The van der Waals surface area contributed by atoms with Crippen molar-refractivity contribution in [2.24, 2.45) is 0 Å². The van der Waals surface area contributed by atoms with E-state index in [2.05, 4.69) is 6.07 Å². The third-order valence-electron chi connectivity index (χ3n) is 2.59. The zero-order valence-corrected chi connectivity index (χ0v) is 9.71. The maximum atomic E-state index is 10.6. The van der Waals surface area contributed by atoms with Crippen LogP contribution >= 0.6 is 0 Å². The molecular formula is C16H11NO. The lowest BCUT2D eigenvalue weighted by Gasteiger charge is -2.00. The lowest BCUT2D eigenvalue weighted by atomic mass is 10.0. The SMILES string of the molecule is N#CC(=Cc1ccccc1)c1ccc(C=O)cc1. The van der Waals surface area contributed by atoms with Crippen LogP contribution in [0.2, 0.25) is 0 Å². The second-order valence-electron chi connectivity index (χ2n) is 3.82. The number of carbonyl (C=O) groups is 1. The van der Waals surface area contributed by atoms with E-state index in [0.717, 1.165) is 17.4 Å². The molecule has 0 aromatic heterocycles. The van der Waals surface area contributed by atoms with E-state index in [-0.39, 0.29) is 0 Å². The molecule has 0 aliphatic rings. The largest absolute Gasteiger partial charge is 0.298 e. The second-order valence-corrected chi connectivity index (χ2v) is 3.82. The summed E-state index contributed by atoms with van der Waals surface area (Å²) in [6.45, 7) is 0. The van der Waals surface area contributed by atoms with Gasteiger partial charge in [-0.15, -0.1) is 0 Å². The van der Waals surface area contributed by atoms with Gasteiger partial charge in [0.25, 0.3) is 0 Å². The Morgan fingerprint density at radius 1 is 0.944 bits per heavy atom. The number of nitrogens with zero attached hydrogens (tertiary/aromatic N) is 1. The summed E-state index contributed by atoms with van der Waals surface area (Å²) < 4.78 is 0. The number of nitriles is 1. The first-order valence-electron chi connectivity index (χ1n) is 5.56. The maximum absolute atomic E-state index is 10.6. The number of hydrogen-bond donors (Lipinski definition) is 0. The van der Waals surface area contributed by atoms with Crippen LogP contribution in [0.5, 0.6) is 0 Å². The number of hydrogen-bond acceptors (Lipinski definition) is 2. The molecule has 18 heavy (non-hydrogen) atoms. The second kappa shape index (κ2) is 5.60. The molecule has 2 rings (SSSR count). The minimum Gasteiger partial charge on any atom is -0.298 e. The van der Waals surface area contributed by atoms with Crippen molar-refractivity contribution in [2.45, 2.75) is 0 Å². The lowest BCUT2D eigenvalue weighted by Crippen LogP contribution is -1.84. The highest BCUT2D eigenvalue weighted by Gasteiger charge is 2.00. The molecule has 2 heteroatoms. The highest BCUT2D eigenvalue weighted by molar-refractivity contribution is 5.90. The molecule has 0 aliphatic carbocycles. The zero-order valence-electron chi connectivity index (χ0n) is 9.71. The summed E-state index contributed by atoms with van der Waals surface area (Å²) in [5, 5.41) is 9.18. The Morgan fingerprint density at radius 3 is 2.17 bits per heavy atom. The molecule has 2 nitrogen and oxygen atoms in total. The van der Waals surface area contributed by atoms with E-state index in [1.165, 1.54) is 0 Å². The standard InChI is InChI=1S/C16H11NO/c17-11-16(10-13-4-2-1-3-5-13)15-8-6-14(12-18)7-9-15/h1-10,12H. The fourth-order valence-corrected chi connectivity index (χ4v) is 1.64. The minimum atomic E-state index is 0.582. The Kier molecular flexibility index (Phi) is 3.68. The Balaban J connectivity index is 2.37. The van der Waals surface area contributed by atoms with Gasteiger partial charge in [-0.2, -0.15) is 5.26 Å². The number of aldehydes is 1. The van der Waals surface area contributed by atoms with Gasteiger partial charge in [-0.25, -0.2) is 0 Å². The van der Waals surface area contributed by atoms with Crippen molar-refractivity contribution < 1.29 is 4.79 Å². The summed E-state index contributed by atoms with van der Waals surface area (Å²) in [5.74, 6) is 0. The van der Waals surface area contributed by atoms with Gasteiger partial charge in [0.05, 0.1) is 11.6 Å². The van der Waals surface area contributed by atoms with Gasteiger partial charge in [0.2, 0.25) is 0 Å². The molecule has 86 valence electrons. The number of benzene rings is 2. The van der Waals surface area contributed by atoms with Gasteiger partial charge >= 0.3 is 0 Å². The molecule has 2 aromatic rings. The average molecular weight is 233 g/mol. The molecule has 0 unspecified atom stereocenters. The fraction of sp³-hybridized carbons (Fsp3) is 0.